The topological polar surface area (TPSA) is 84.6 Å². The van der Waals surface area contributed by atoms with E-state index in [9.17, 15) is 19.3 Å². The molecule has 0 heterocycles. The van der Waals surface area contributed by atoms with Gasteiger partial charge in [-0.15, -0.1) is 0 Å². The molecule has 0 fully saturated rings. The molecule has 0 saturated heterocycles. The van der Waals surface area contributed by atoms with E-state index in [2.05, 4.69) is 10.5 Å². The maximum Gasteiger partial charge on any atom is 0.271 e. The quantitative estimate of drug-likeness (QED) is 0.522. The monoisotopic (exact) mass is 313 g/mol. The number of halogens is 1. The van der Waals surface area contributed by atoms with E-state index in [1.165, 1.54) is 42.6 Å². The zero-order valence-electron chi connectivity index (χ0n) is 11.8. The minimum Gasteiger partial charge on any atom is -0.267 e. The lowest BCUT2D eigenvalue weighted by atomic mass is 10.2. The van der Waals surface area contributed by atoms with Crippen molar-refractivity contribution in [1.29, 1.82) is 0 Å². The summed E-state index contributed by atoms with van der Waals surface area (Å²) in [6.07, 6.45) is 4.62. The normalized spacial score (nSPS) is 11.0. The van der Waals surface area contributed by atoms with Crippen LogP contribution in [0.25, 0.3) is 6.08 Å². The van der Waals surface area contributed by atoms with Gasteiger partial charge in [-0.1, -0.05) is 6.08 Å². The summed E-state index contributed by atoms with van der Waals surface area (Å²) in [5.74, 6) is -0.874. The molecule has 6 nitrogen and oxygen atoms in total. The molecule has 2 aromatic rings. The number of nitrogens with zero attached hydrogens (tertiary/aromatic N) is 2. The van der Waals surface area contributed by atoms with Gasteiger partial charge >= 0.3 is 0 Å². The Morgan fingerprint density at radius 1 is 1.13 bits per heavy atom. The van der Waals surface area contributed by atoms with E-state index >= 15 is 0 Å². The van der Waals surface area contributed by atoms with Crippen molar-refractivity contribution in [2.24, 2.45) is 5.10 Å². The molecule has 0 saturated carbocycles. The number of benzene rings is 2. The number of hydrogen-bond donors (Lipinski definition) is 1. The van der Waals surface area contributed by atoms with E-state index < -0.39 is 16.6 Å². The van der Waals surface area contributed by atoms with Crippen LogP contribution in [0.15, 0.2) is 59.7 Å². The summed E-state index contributed by atoms with van der Waals surface area (Å²) in [5.41, 5.74) is 3.36. The van der Waals surface area contributed by atoms with Crippen LogP contribution in [0.1, 0.15) is 15.9 Å². The van der Waals surface area contributed by atoms with E-state index in [0.717, 1.165) is 5.56 Å². The van der Waals surface area contributed by atoms with Crippen molar-refractivity contribution in [3.63, 3.8) is 0 Å². The number of hydrazone groups is 1. The van der Waals surface area contributed by atoms with Crippen molar-refractivity contribution < 1.29 is 14.1 Å². The first kappa shape index (κ1) is 16.0. The third-order valence-electron chi connectivity index (χ3n) is 2.83. The molecule has 0 aliphatic heterocycles. The average molecular weight is 313 g/mol. The molecule has 0 atom stereocenters. The zero-order chi connectivity index (χ0) is 16.7. The second-order valence-corrected chi connectivity index (χ2v) is 4.43. The van der Waals surface area contributed by atoms with Gasteiger partial charge in [0.1, 0.15) is 5.82 Å². The van der Waals surface area contributed by atoms with Crippen LogP contribution in [-0.2, 0) is 0 Å². The Morgan fingerprint density at radius 2 is 1.78 bits per heavy atom. The molecule has 116 valence electrons. The Bertz CT molecular complexity index is 753. The Balaban J connectivity index is 1.87. The molecule has 23 heavy (non-hydrogen) atoms. The molecule has 7 heteroatoms. The lowest BCUT2D eigenvalue weighted by Gasteiger charge is -1.98. The third-order valence-corrected chi connectivity index (χ3v) is 2.83. The minimum absolute atomic E-state index is 0.0161. The van der Waals surface area contributed by atoms with Crippen LogP contribution in [0.2, 0.25) is 0 Å². The predicted octanol–water partition coefficient (Wildman–Crippen LogP) is 3.16. The summed E-state index contributed by atoms with van der Waals surface area (Å²) in [4.78, 5) is 21.7. The van der Waals surface area contributed by atoms with Crippen LogP contribution in [0, 0.1) is 15.9 Å². The SMILES string of the molecule is O=C(N/N=C\C=C\c1ccc([N+](=O)[O-])cc1)c1ccc(F)cc1. The van der Waals surface area contributed by atoms with E-state index in [-0.39, 0.29) is 5.69 Å². The molecule has 2 rings (SSSR count). The molecular weight excluding hydrogens is 301 g/mol. The maximum atomic E-state index is 12.7. The van der Waals surface area contributed by atoms with Crippen LogP contribution < -0.4 is 5.43 Å². The lowest BCUT2D eigenvalue weighted by molar-refractivity contribution is -0.384. The number of carbonyl (C=O) groups is 1. The standard InChI is InChI=1S/C16H12FN3O3/c17-14-7-5-13(6-8-14)16(21)19-18-11-1-2-12-3-9-15(10-4-12)20(22)23/h1-11H,(H,19,21)/b2-1+,18-11-. The Hall–Kier alpha value is -3.35. The summed E-state index contributed by atoms with van der Waals surface area (Å²) >= 11 is 0. The zero-order valence-corrected chi connectivity index (χ0v) is 11.8. The van der Waals surface area contributed by atoms with E-state index in [4.69, 9.17) is 0 Å². The van der Waals surface area contributed by atoms with Gasteiger partial charge in [-0.2, -0.15) is 5.10 Å². The Labute approximate surface area is 131 Å². The molecule has 0 aliphatic carbocycles. The van der Waals surface area contributed by atoms with Crippen molar-refractivity contribution in [2.75, 3.05) is 0 Å². The van der Waals surface area contributed by atoms with Crippen molar-refractivity contribution in [2.45, 2.75) is 0 Å². The van der Waals surface area contributed by atoms with Gasteiger partial charge in [-0.05, 0) is 48.0 Å². The third kappa shape index (κ3) is 4.85. The van der Waals surface area contributed by atoms with Gasteiger partial charge in [0.05, 0.1) is 4.92 Å². The minimum atomic E-state index is -0.472. The fraction of sp³-hybridized carbons (Fsp3) is 0. The van der Waals surface area contributed by atoms with Crippen LogP contribution in [0.3, 0.4) is 0 Å². The summed E-state index contributed by atoms with van der Waals surface area (Å²) < 4.78 is 12.7. The number of hydrogen-bond acceptors (Lipinski definition) is 4. The molecule has 0 bridgehead atoms. The highest BCUT2D eigenvalue weighted by Crippen LogP contribution is 2.12. The molecule has 1 amide bonds. The molecule has 2 aromatic carbocycles. The molecule has 0 aromatic heterocycles. The number of nitro benzene ring substituents is 1. The smallest absolute Gasteiger partial charge is 0.267 e. The van der Waals surface area contributed by atoms with Crippen molar-refractivity contribution in [3.8, 4) is 0 Å². The average Bonchev–Trinajstić information content (AvgIpc) is 2.55. The number of amides is 1. The van der Waals surface area contributed by atoms with Crippen LogP contribution in [0.5, 0.6) is 0 Å². The van der Waals surface area contributed by atoms with Gasteiger partial charge in [0.25, 0.3) is 11.6 Å². The Morgan fingerprint density at radius 3 is 2.39 bits per heavy atom. The van der Waals surface area contributed by atoms with Gasteiger partial charge in [0.2, 0.25) is 0 Å². The van der Waals surface area contributed by atoms with Crippen molar-refractivity contribution in [3.05, 3.63) is 81.7 Å². The van der Waals surface area contributed by atoms with Crippen LogP contribution >= 0.6 is 0 Å². The number of allylic oxidation sites excluding steroid dienone is 1. The fourth-order valence-corrected chi connectivity index (χ4v) is 1.67. The van der Waals surface area contributed by atoms with Crippen LogP contribution in [-0.4, -0.2) is 17.0 Å². The number of nitro groups is 1. The summed E-state index contributed by atoms with van der Waals surface area (Å²) in [5, 5.41) is 14.2. The number of non-ortho nitro benzene ring substituents is 1. The van der Waals surface area contributed by atoms with E-state index in [0.29, 0.717) is 5.56 Å². The summed E-state index contributed by atoms with van der Waals surface area (Å²) in [7, 11) is 0. The molecule has 1 N–H and O–H groups in total. The summed E-state index contributed by atoms with van der Waals surface area (Å²) in [6.45, 7) is 0. The van der Waals surface area contributed by atoms with Crippen LogP contribution in [0.4, 0.5) is 10.1 Å². The second-order valence-electron chi connectivity index (χ2n) is 4.43. The van der Waals surface area contributed by atoms with Gasteiger partial charge in [0.15, 0.2) is 0 Å². The molecule has 0 aliphatic rings. The first-order valence-electron chi connectivity index (χ1n) is 6.56. The van der Waals surface area contributed by atoms with Gasteiger partial charge in [-0.3, -0.25) is 14.9 Å². The number of rotatable bonds is 5. The highest BCUT2D eigenvalue weighted by Gasteiger charge is 2.03. The first-order valence-corrected chi connectivity index (χ1v) is 6.56. The highest BCUT2D eigenvalue weighted by molar-refractivity contribution is 5.94. The van der Waals surface area contributed by atoms with E-state index in [1.54, 1.807) is 24.3 Å². The van der Waals surface area contributed by atoms with Crippen molar-refractivity contribution >= 4 is 23.9 Å². The fourth-order valence-electron chi connectivity index (χ4n) is 1.67. The molecular formula is C16H12FN3O3. The maximum absolute atomic E-state index is 12.7. The molecule has 0 unspecified atom stereocenters. The molecule has 0 radical (unpaired) electrons. The van der Waals surface area contributed by atoms with Gasteiger partial charge < -0.3 is 0 Å². The highest BCUT2D eigenvalue weighted by atomic mass is 19.1. The predicted molar refractivity (Wildman–Crippen MR) is 84.5 cm³/mol. The largest absolute Gasteiger partial charge is 0.271 e. The summed E-state index contributed by atoms with van der Waals surface area (Å²) in [6, 6.07) is 11.1. The van der Waals surface area contributed by atoms with Crippen molar-refractivity contribution in [1.82, 2.24) is 5.43 Å². The number of carbonyl (C=O) groups excluding carboxylic acids is 1. The van der Waals surface area contributed by atoms with E-state index in [1.807, 2.05) is 0 Å². The molecule has 0 spiro atoms. The van der Waals surface area contributed by atoms with Gasteiger partial charge in [-0.25, -0.2) is 9.82 Å². The number of nitrogens with one attached hydrogen (secondary N) is 1. The Kier molecular flexibility index (Phi) is 5.30. The van der Waals surface area contributed by atoms with Gasteiger partial charge in [0, 0.05) is 23.9 Å². The lowest BCUT2D eigenvalue weighted by Crippen LogP contribution is -2.17. The second kappa shape index (κ2) is 7.60. The first-order chi connectivity index (χ1) is 11.1.